The standard InChI is InChI=1S/C17H27N3/c1-19-10-4-5-13-11-14(8-9-16(13)19)17(12-18)20(2)15-6-3-7-15/h8-9,11,15,17H,3-7,10,12,18H2,1-2H3. The van der Waals surface area contributed by atoms with Crippen molar-refractivity contribution in [2.75, 3.05) is 32.1 Å². The third kappa shape index (κ3) is 2.45. The van der Waals surface area contributed by atoms with Crippen molar-refractivity contribution in [3.63, 3.8) is 0 Å². The molecule has 1 atom stereocenters. The summed E-state index contributed by atoms with van der Waals surface area (Å²) in [5, 5.41) is 0. The summed E-state index contributed by atoms with van der Waals surface area (Å²) >= 11 is 0. The number of likely N-dealkylation sites (N-methyl/N-ethyl adjacent to an activating group) is 1. The molecule has 3 rings (SSSR count). The molecule has 1 aliphatic carbocycles. The second-order valence-electron chi connectivity index (χ2n) is 6.41. The van der Waals surface area contributed by atoms with E-state index in [1.807, 2.05) is 0 Å². The second kappa shape index (κ2) is 5.74. The van der Waals surface area contributed by atoms with Gasteiger partial charge < -0.3 is 10.6 Å². The number of hydrogen-bond donors (Lipinski definition) is 1. The molecule has 3 nitrogen and oxygen atoms in total. The van der Waals surface area contributed by atoms with E-state index in [0.29, 0.717) is 12.6 Å². The lowest BCUT2D eigenvalue weighted by Gasteiger charge is -2.40. The summed E-state index contributed by atoms with van der Waals surface area (Å²) in [6.45, 7) is 1.89. The van der Waals surface area contributed by atoms with E-state index in [1.54, 1.807) is 0 Å². The Morgan fingerprint density at radius 2 is 2.15 bits per heavy atom. The van der Waals surface area contributed by atoms with Crippen LogP contribution in [-0.2, 0) is 6.42 Å². The molecular weight excluding hydrogens is 246 g/mol. The van der Waals surface area contributed by atoms with Crippen molar-refractivity contribution >= 4 is 5.69 Å². The van der Waals surface area contributed by atoms with Gasteiger partial charge in [-0.05, 0) is 49.9 Å². The Morgan fingerprint density at radius 1 is 1.35 bits per heavy atom. The van der Waals surface area contributed by atoms with Crippen LogP contribution in [0.2, 0.25) is 0 Å². The molecule has 2 N–H and O–H groups in total. The monoisotopic (exact) mass is 273 g/mol. The topological polar surface area (TPSA) is 32.5 Å². The fourth-order valence-electron chi connectivity index (χ4n) is 3.60. The molecule has 1 fully saturated rings. The van der Waals surface area contributed by atoms with Gasteiger partial charge in [0.25, 0.3) is 0 Å². The molecule has 3 heteroatoms. The molecule has 1 aromatic carbocycles. The van der Waals surface area contributed by atoms with E-state index in [1.165, 1.54) is 55.5 Å². The number of rotatable bonds is 4. The first kappa shape index (κ1) is 13.9. The number of nitrogens with zero attached hydrogens (tertiary/aromatic N) is 2. The Balaban J connectivity index is 1.84. The average Bonchev–Trinajstić information content (AvgIpc) is 2.38. The summed E-state index contributed by atoms with van der Waals surface area (Å²) in [6, 6.07) is 8.09. The van der Waals surface area contributed by atoms with Gasteiger partial charge in [-0.2, -0.15) is 0 Å². The van der Waals surface area contributed by atoms with E-state index in [2.05, 4.69) is 42.1 Å². The Labute approximate surface area is 122 Å². The van der Waals surface area contributed by atoms with E-state index in [-0.39, 0.29) is 0 Å². The van der Waals surface area contributed by atoms with Gasteiger partial charge in [-0.15, -0.1) is 0 Å². The minimum absolute atomic E-state index is 0.373. The van der Waals surface area contributed by atoms with Crippen molar-refractivity contribution < 1.29 is 0 Å². The third-order valence-corrected chi connectivity index (χ3v) is 5.20. The van der Waals surface area contributed by atoms with Gasteiger partial charge in [0.1, 0.15) is 0 Å². The van der Waals surface area contributed by atoms with Crippen LogP contribution in [0.3, 0.4) is 0 Å². The first-order valence-electron chi connectivity index (χ1n) is 7.96. The number of anilines is 1. The highest BCUT2D eigenvalue weighted by molar-refractivity contribution is 5.56. The quantitative estimate of drug-likeness (QED) is 0.915. The molecule has 110 valence electrons. The first-order chi connectivity index (χ1) is 9.70. The number of nitrogens with two attached hydrogens (primary N) is 1. The maximum absolute atomic E-state index is 6.07. The molecule has 0 bridgehead atoms. The van der Waals surface area contributed by atoms with Crippen LogP contribution in [0.15, 0.2) is 18.2 Å². The molecule has 0 radical (unpaired) electrons. The average molecular weight is 273 g/mol. The highest BCUT2D eigenvalue weighted by Crippen LogP contribution is 2.33. The fourth-order valence-corrected chi connectivity index (χ4v) is 3.60. The van der Waals surface area contributed by atoms with Crippen molar-refractivity contribution in [2.24, 2.45) is 5.73 Å². The maximum atomic E-state index is 6.07. The van der Waals surface area contributed by atoms with Crippen LogP contribution in [0.1, 0.15) is 42.9 Å². The molecule has 0 saturated heterocycles. The molecule has 0 spiro atoms. The van der Waals surface area contributed by atoms with Gasteiger partial charge in [0.15, 0.2) is 0 Å². The van der Waals surface area contributed by atoms with Crippen LogP contribution in [0.4, 0.5) is 5.69 Å². The lowest BCUT2D eigenvalue weighted by atomic mass is 9.89. The van der Waals surface area contributed by atoms with Gasteiger partial charge in [0, 0.05) is 37.9 Å². The predicted molar refractivity (Wildman–Crippen MR) is 85.2 cm³/mol. The van der Waals surface area contributed by atoms with E-state index in [4.69, 9.17) is 5.73 Å². The van der Waals surface area contributed by atoms with Crippen LogP contribution in [0.25, 0.3) is 0 Å². The summed E-state index contributed by atoms with van der Waals surface area (Å²) in [6.07, 6.45) is 6.51. The second-order valence-corrected chi connectivity index (χ2v) is 6.41. The Hall–Kier alpha value is -1.06. The zero-order valence-electron chi connectivity index (χ0n) is 12.8. The van der Waals surface area contributed by atoms with Crippen LogP contribution in [0, 0.1) is 0 Å². The molecule has 1 unspecified atom stereocenters. The van der Waals surface area contributed by atoms with Crippen LogP contribution in [-0.4, -0.2) is 38.1 Å². The zero-order valence-corrected chi connectivity index (χ0v) is 12.8. The summed E-state index contributed by atoms with van der Waals surface area (Å²) < 4.78 is 0. The molecule has 1 aliphatic heterocycles. The number of fused-ring (bicyclic) bond motifs is 1. The van der Waals surface area contributed by atoms with Gasteiger partial charge in [-0.3, -0.25) is 4.90 Å². The summed E-state index contributed by atoms with van der Waals surface area (Å²) in [5.41, 5.74) is 10.4. The highest BCUT2D eigenvalue weighted by Gasteiger charge is 2.28. The van der Waals surface area contributed by atoms with Crippen molar-refractivity contribution in [2.45, 2.75) is 44.2 Å². The summed E-state index contributed by atoms with van der Waals surface area (Å²) in [5.74, 6) is 0. The molecule has 1 saturated carbocycles. The molecule has 20 heavy (non-hydrogen) atoms. The van der Waals surface area contributed by atoms with Gasteiger partial charge >= 0.3 is 0 Å². The van der Waals surface area contributed by atoms with Crippen molar-refractivity contribution in [1.29, 1.82) is 0 Å². The number of hydrogen-bond acceptors (Lipinski definition) is 3. The SMILES string of the molecule is CN1CCCc2cc(C(CN)N(C)C3CCC3)ccc21. The molecule has 1 aromatic rings. The Kier molecular flexibility index (Phi) is 3.99. The number of benzene rings is 1. The van der Waals surface area contributed by atoms with E-state index >= 15 is 0 Å². The van der Waals surface area contributed by atoms with Gasteiger partial charge in [0.2, 0.25) is 0 Å². The van der Waals surface area contributed by atoms with Crippen molar-refractivity contribution in [3.05, 3.63) is 29.3 Å². The Bertz CT molecular complexity index is 467. The van der Waals surface area contributed by atoms with Crippen LogP contribution < -0.4 is 10.6 Å². The molecule has 1 heterocycles. The normalized spacial score (nSPS) is 20.7. The largest absolute Gasteiger partial charge is 0.374 e. The third-order valence-electron chi connectivity index (χ3n) is 5.20. The Morgan fingerprint density at radius 3 is 2.80 bits per heavy atom. The summed E-state index contributed by atoms with van der Waals surface area (Å²) in [7, 11) is 4.44. The van der Waals surface area contributed by atoms with E-state index in [9.17, 15) is 0 Å². The lowest BCUT2D eigenvalue weighted by molar-refractivity contribution is 0.113. The van der Waals surface area contributed by atoms with Crippen LogP contribution >= 0.6 is 0 Å². The van der Waals surface area contributed by atoms with E-state index in [0.717, 1.165) is 6.04 Å². The van der Waals surface area contributed by atoms with Gasteiger partial charge in [0.05, 0.1) is 0 Å². The minimum Gasteiger partial charge on any atom is -0.374 e. The number of aryl methyl sites for hydroxylation is 1. The fraction of sp³-hybridized carbons (Fsp3) is 0.647. The van der Waals surface area contributed by atoms with Crippen LogP contribution in [0.5, 0.6) is 0 Å². The predicted octanol–water partition coefficient (Wildman–Crippen LogP) is 2.55. The van der Waals surface area contributed by atoms with Gasteiger partial charge in [-0.1, -0.05) is 18.6 Å². The van der Waals surface area contributed by atoms with Gasteiger partial charge in [-0.25, -0.2) is 0 Å². The minimum atomic E-state index is 0.373. The van der Waals surface area contributed by atoms with Crippen molar-refractivity contribution in [3.8, 4) is 0 Å². The van der Waals surface area contributed by atoms with E-state index < -0.39 is 0 Å². The molecule has 0 aromatic heterocycles. The maximum Gasteiger partial charge on any atom is 0.0470 e. The highest BCUT2D eigenvalue weighted by atomic mass is 15.2. The smallest absolute Gasteiger partial charge is 0.0470 e. The first-order valence-corrected chi connectivity index (χ1v) is 7.96. The molecule has 0 amide bonds. The van der Waals surface area contributed by atoms with Crippen molar-refractivity contribution in [1.82, 2.24) is 4.90 Å². The molecular formula is C17H27N3. The molecule has 2 aliphatic rings. The lowest BCUT2D eigenvalue weighted by Crippen LogP contribution is -2.42. The summed E-state index contributed by atoms with van der Waals surface area (Å²) in [4.78, 5) is 4.87. The zero-order chi connectivity index (χ0) is 14.1.